The van der Waals surface area contributed by atoms with E-state index in [0.717, 1.165) is 69.1 Å². The normalized spacial score (nSPS) is 15.1. The average molecular weight is 671 g/mol. The molecule has 1 saturated heterocycles. The first-order chi connectivity index (χ1) is 20.1. The van der Waals surface area contributed by atoms with E-state index in [1.54, 1.807) is 0 Å². The molecule has 5 aromatic rings. The molecule has 0 aliphatic carbocycles. The lowest BCUT2D eigenvalue weighted by molar-refractivity contribution is 0.159. The van der Waals surface area contributed by atoms with Gasteiger partial charge >= 0.3 is 0 Å². The van der Waals surface area contributed by atoms with Crippen molar-refractivity contribution in [2.45, 2.75) is 38.1 Å². The average Bonchev–Trinajstić information content (AvgIpc) is 3.40. The highest BCUT2D eigenvalue weighted by Gasteiger charge is 2.28. The van der Waals surface area contributed by atoms with Gasteiger partial charge in [-0.05, 0) is 113 Å². The van der Waals surface area contributed by atoms with Crippen LogP contribution >= 0.6 is 34.2 Å². The Labute approximate surface area is 260 Å². The fourth-order valence-electron chi connectivity index (χ4n) is 6.19. The number of piperidine rings is 1. The Kier molecular flexibility index (Phi) is 8.71. The molecule has 0 spiro atoms. The zero-order valence-corrected chi connectivity index (χ0v) is 25.8. The monoisotopic (exact) mass is 670 g/mol. The predicted molar refractivity (Wildman–Crippen MR) is 176 cm³/mol. The van der Waals surface area contributed by atoms with Crippen molar-refractivity contribution in [3.63, 3.8) is 0 Å². The van der Waals surface area contributed by atoms with E-state index in [1.165, 1.54) is 24.0 Å². The molecular weight excluding hydrogens is 639 g/mol. The number of fused-ring (bicyclic) bond motifs is 1. The van der Waals surface area contributed by atoms with Crippen LogP contribution in [0.4, 0.5) is 0 Å². The van der Waals surface area contributed by atoms with Gasteiger partial charge in [-0.25, -0.2) is 4.98 Å². The van der Waals surface area contributed by atoms with Crippen molar-refractivity contribution in [1.29, 1.82) is 5.26 Å². The van der Waals surface area contributed by atoms with E-state index in [1.807, 2.05) is 24.3 Å². The second-order valence-corrected chi connectivity index (χ2v) is 12.6. The Balaban J connectivity index is 1.21. The standard InChI is InChI=1S/C35H32ClIN4/c36-31-20-33-34(21-32(31)37)40-35(39-33)14-13-30(28-15-17-41(18-16-28)23-24-5-2-1-3-6-24)27-11-9-26(10-12-27)29-8-4-7-25(19-29)22-38/h1-12,19-21,28,30H,13-18,23H2,(H,39,40). The van der Waals surface area contributed by atoms with Crippen LogP contribution in [0.2, 0.25) is 5.02 Å². The van der Waals surface area contributed by atoms with Gasteiger partial charge in [-0.1, -0.05) is 78.3 Å². The van der Waals surface area contributed by atoms with Crippen molar-refractivity contribution in [1.82, 2.24) is 14.9 Å². The highest BCUT2D eigenvalue weighted by atomic mass is 127. The van der Waals surface area contributed by atoms with Crippen molar-refractivity contribution < 1.29 is 0 Å². The first-order valence-corrected chi connectivity index (χ1v) is 15.7. The van der Waals surface area contributed by atoms with Gasteiger partial charge in [0.15, 0.2) is 0 Å². The van der Waals surface area contributed by atoms with Gasteiger partial charge in [0.25, 0.3) is 0 Å². The van der Waals surface area contributed by atoms with E-state index >= 15 is 0 Å². The summed E-state index contributed by atoms with van der Waals surface area (Å²) in [5, 5.41) is 10.1. The number of likely N-dealkylation sites (tertiary alicyclic amines) is 1. The summed E-state index contributed by atoms with van der Waals surface area (Å²) in [4.78, 5) is 11.0. The molecule has 0 radical (unpaired) electrons. The summed E-state index contributed by atoms with van der Waals surface area (Å²) in [5.41, 5.74) is 7.67. The van der Waals surface area contributed by atoms with Gasteiger partial charge in [0, 0.05) is 16.5 Å². The Hall–Kier alpha value is -3.18. The van der Waals surface area contributed by atoms with E-state index in [9.17, 15) is 5.26 Å². The molecule has 0 bridgehead atoms. The SMILES string of the molecule is N#Cc1cccc(-c2ccc(C(CCc3nc4cc(I)c(Cl)cc4[nH]3)C3CCN(Cc4ccccc4)CC3)cc2)c1. The smallest absolute Gasteiger partial charge is 0.107 e. The zero-order chi connectivity index (χ0) is 28.2. The van der Waals surface area contributed by atoms with Crippen molar-refractivity contribution in [2.75, 3.05) is 13.1 Å². The summed E-state index contributed by atoms with van der Waals surface area (Å²) in [6.07, 6.45) is 4.32. The second-order valence-electron chi connectivity index (χ2n) is 11.0. The van der Waals surface area contributed by atoms with Crippen LogP contribution in [-0.2, 0) is 13.0 Å². The van der Waals surface area contributed by atoms with Crippen molar-refractivity contribution >= 4 is 45.2 Å². The molecule has 6 heteroatoms. The molecule has 1 aromatic heterocycles. The number of nitriles is 1. The number of imidazole rings is 1. The molecule has 0 saturated carbocycles. The summed E-state index contributed by atoms with van der Waals surface area (Å²) in [6, 6.07) is 34.0. The molecule has 4 nitrogen and oxygen atoms in total. The van der Waals surface area contributed by atoms with Gasteiger partial charge in [0.2, 0.25) is 0 Å². The van der Waals surface area contributed by atoms with Gasteiger partial charge in [0.1, 0.15) is 5.82 Å². The van der Waals surface area contributed by atoms with Gasteiger partial charge < -0.3 is 4.98 Å². The van der Waals surface area contributed by atoms with E-state index in [4.69, 9.17) is 16.6 Å². The van der Waals surface area contributed by atoms with E-state index in [2.05, 4.69) is 105 Å². The number of H-pyrrole nitrogens is 1. The molecule has 6 rings (SSSR count). The maximum Gasteiger partial charge on any atom is 0.107 e. The molecule has 2 heterocycles. The molecule has 206 valence electrons. The minimum atomic E-state index is 0.449. The number of aryl methyl sites for hydroxylation is 1. The molecule has 41 heavy (non-hydrogen) atoms. The molecule has 1 N–H and O–H groups in total. The molecular formula is C35H32ClIN4. The Morgan fingerprint density at radius 3 is 2.49 bits per heavy atom. The fraction of sp³-hybridized carbons (Fsp3) is 0.257. The van der Waals surface area contributed by atoms with E-state index < -0.39 is 0 Å². The van der Waals surface area contributed by atoms with Gasteiger partial charge in [-0.15, -0.1) is 0 Å². The number of hydrogen-bond donors (Lipinski definition) is 1. The maximum absolute atomic E-state index is 9.33. The number of nitrogens with one attached hydrogen (secondary N) is 1. The van der Waals surface area contributed by atoms with Crippen LogP contribution in [0.1, 0.15) is 47.7 Å². The lowest BCUT2D eigenvalue weighted by Crippen LogP contribution is -2.35. The summed E-state index contributed by atoms with van der Waals surface area (Å²) in [5.74, 6) is 2.09. The summed E-state index contributed by atoms with van der Waals surface area (Å²) < 4.78 is 1.02. The van der Waals surface area contributed by atoms with Crippen LogP contribution in [0.5, 0.6) is 0 Å². The number of aromatic nitrogens is 2. The van der Waals surface area contributed by atoms with E-state index in [0.29, 0.717) is 17.4 Å². The first kappa shape index (κ1) is 28.0. The van der Waals surface area contributed by atoms with Gasteiger partial charge in [0.05, 0.1) is 27.7 Å². The Morgan fingerprint density at radius 1 is 0.951 bits per heavy atom. The molecule has 1 atom stereocenters. The van der Waals surface area contributed by atoms with Crippen LogP contribution in [0, 0.1) is 20.8 Å². The van der Waals surface area contributed by atoms with Crippen molar-refractivity contribution in [3.8, 4) is 17.2 Å². The highest BCUT2D eigenvalue weighted by Crippen LogP contribution is 2.37. The molecule has 4 aromatic carbocycles. The second kappa shape index (κ2) is 12.8. The molecule has 1 aliphatic heterocycles. The minimum Gasteiger partial charge on any atom is -0.342 e. The minimum absolute atomic E-state index is 0.449. The molecule has 1 fully saturated rings. The topological polar surface area (TPSA) is 55.7 Å². The van der Waals surface area contributed by atoms with Crippen molar-refractivity contribution in [2.24, 2.45) is 5.92 Å². The number of aromatic amines is 1. The first-order valence-electron chi connectivity index (χ1n) is 14.3. The van der Waals surface area contributed by atoms with Crippen LogP contribution in [0.3, 0.4) is 0 Å². The molecule has 1 unspecified atom stereocenters. The van der Waals surface area contributed by atoms with E-state index in [-0.39, 0.29) is 0 Å². The van der Waals surface area contributed by atoms with Gasteiger partial charge in [-0.2, -0.15) is 5.26 Å². The zero-order valence-electron chi connectivity index (χ0n) is 22.9. The lowest BCUT2D eigenvalue weighted by Gasteiger charge is -2.36. The highest BCUT2D eigenvalue weighted by molar-refractivity contribution is 14.1. The Bertz CT molecular complexity index is 1630. The van der Waals surface area contributed by atoms with Crippen molar-refractivity contribution in [3.05, 3.63) is 122 Å². The molecule has 1 aliphatic rings. The van der Waals surface area contributed by atoms with Crippen LogP contribution in [0.25, 0.3) is 22.2 Å². The Morgan fingerprint density at radius 2 is 1.73 bits per heavy atom. The largest absolute Gasteiger partial charge is 0.342 e. The van der Waals surface area contributed by atoms with Crippen LogP contribution < -0.4 is 0 Å². The third kappa shape index (κ3) is 6.67. The number of benzene rings is 4. The quantitative estimate of drug-likeness (QED) is 0.168. The maximum atomic E-state index is 9.33. The summed E-state index contributed by atoms with van der Waals surface area (Å²) >= 11 is 8.63. The third-order valence-corrected chi connectivity index (χ3v) is 9.90. The van der Waals surface area contributed by atoms with Crippen LogP contribution in [-0.4, -0.2) is 28.0 Å². The fourth-order valence-corrected chi connectivity index (χ4v) is 6.80. The number of rotatable bonds is 8. The number of nitrogens with zero attached hydrogens (tertiary/aromatic N) is 3. The summed E-state index contributed by atoms with van der Waals surface area (Å²) in [7, 11) is 0. The van der Waals surface area contributed by atoms with Crippen LogP contribution in [0.15, 0.2) is 91.0 Å². The van der Waals surface area contributed by atoms with Gasteiger partial charge in [-0.3, -0.25) is 4.90 Å². The third-order valence-electron chi connectivity index (χ3n) is 8.38. The molecule has 0 amide bonds. The number of hydrogen-bond acceptors (Lipinski definition) is 3. The lowest BCUT2D eigenvalue weighted by atomic mass is 9.77. The number of halogens is 2. The predicted octanol–water partition coefficient (Wildman–Crippen LogP) is 8.99. The summed E-state index contributed by atoms with van der Waals surface area (Å²) in [6.45, 7) is 3.27.